The zero-order valence-electron chi connectivity index (χ0n) is 15.5. The highest BCUT2D eigenvalue weighted by Gasteiger charge is 2.33. The van der Waals surface area contributed by atoms with Gasteiger partial charge in [0.15, 0.2) is 4.32 Å². The lowest BCUT2D eigenvalue weighted by Gasteiger charge is -2.14. The van der Waals surface area contributed by atoms with Crippen LogP contribution in [0, 0.1) is 0 Å². The number of carbonyl (C=O) groups is 1. The first-order valence-corrected chi connectivity index (χ1v) is 10.3. The fourth-order valence-electron chi connectivity index (χ4n) is 3.75. The molecule has 29 heavy (non-hydrogen) atoms. The zero-order valence-corrected chi connectivity index (χ0v) is 17.1. The maximum Gasteiger partial charge on any atom is 0.270 e. The topological polar surface area (TPSA) is 45.5 Å². The molecule has 6 heteroatoms. The Kier molecular flexibility index (Phi) is 4.19. The number of para-hydroxylation sites is 1. The molecule has 1 N–H and O–H groups in total. The molecule has 0 atom stereocenters. The number of amides is 1. The standard InChI is InChI=1S/C23H16N2O2S2/c1-24-19-8-3-2-7-17(19)18-11-14(9-10-20(18)24)12-21-22(27)25(23(28)29-21)15-5-4-6-16(26)13-15/h2-13,26H,1H3/b21-12-. The first-order chi connectivity index (χ1) is 14.0. The van der Waals surface area contributed by atoms with Crippen molar-refractivity contribution in [3.8, 4) is 5.75 Å². The van der Waals surface area contributed by atoms with Gasteiger partial charge in [-0.1, -0.05) is 54.3 Å². The summed E-state index contributed by atoms with van der Waals surface area (Å²) in [6.07, 6.45) is 1.88. The van der Waals surface area contributed by atoms with E-state index in [9.17, 15) is 9.90 Å². The maximum atomic E-state index is 13.0. The predicted octanol–water partition coefficient (Wildman–Crippen LogP) is 5.44. The second-order valence-corrected chi connectivity index (χ2v) is 8.57. The van der Waals surface area contributed by atoms with Crippen LogP contribution < -0.4 is 4.90 Å². The molecule has 0 radical (unpaired) electrons. The SMILES string of the molecule is Cn1c2ccccc2c2cc(/C=C3\SC(=S)N(c4cccc(O)c4)C3=O)ccc21. The number of anilines is 1. The number of hydrogen-bond donors (Lipinski definition) is 1. The number of thioether (sulfide) groups is 1. The Hall–Kier alpha value is -3.09. The van der Waals surface area contributed by atoms with Crippen molar-refractivity contribution in [2.75, 3.05) is 4.90 Å². The maximum absolute atomic E-state index is 13.0. The molecule has 1 aromatic heterocycles. The Bertz CT molecular complexity index is 1350. The smallest absolute Gasteiger partial charge is 0.270 e. The van der Waals surface area contributed by atoms with Crippen molar-refractivity contribution in [1.29, 1.82) is 0 Å². The van der Waals surface area contributed by atoms with Crippen LogP contribution >= 0.6 is 24.0 Å². The highest BCUT2D eigenvalue weighted by molar-refractivity contribution is 8.27. The number of hydrogen-bond acceptors (Lipinski definition) is 4. The quantitative estimate of drug-likeness (QED) is 0.349. The van der Waals surface area contributed by atoms with E-state index in [1.54, 1.807) is 18.2 Å². The molecule has 4 nitrogen and oxygen atoms in total. The lowest BCUT2D eigenvalue weighted by atomic mass is 10.1. The number of aromatic hydroxyl groups is 1. The Balaban J connectivity index is 1.57. The molecule has 1 fully saturated rings. The molecule has 4 aromatic rings. The molecule has 0 saturated carbocycles. The molecule has 5 rings (SSSR count). The van der Waals surface area contributed by atoms with E-state index >= 15 is 0 Å². The number of nitrogens with zero attached hydrogens (tertiary/aromatic N) is 2. The van der Waals surface area contributed by atoms with Gasteiger partial charge in [0, 0.05) is 34.9 Å². The van der Waals surface area contributed by atoms with Crippen LogP contribution in [0.25, 0.3) is 27.9 Å². The fourth-order valence-corrected chi connectivity index (χ4v) is 5.05. The Morgan fingerprint density at radius 2 is 1.76 bits per heavy atom. The van der Waals surface area contributed by atoms with Gasteiger partial charge >= 0.3 is 0 Å². The number of phenols is 1. The van der Waals surface area contributed by atoms with Crippen molar-refractivity contribution < 1.29 is 9.90 Å². The van der Waals surface area contributed by atoms with Gasteiger partial charge in [-0.25, -0.2) is 0 Å². The number of rotatable bonds is 2. The molecule has 3 aromatic carbocycles. The van der Waals surface area contributed by atoms with E-state index in [1.165, 1.54) is 33.6 Å². The van der Waals surface area contributed by atoms with Crippen LogP contribution in [0.1, 0.15) is 5.56 Å². The summed E-state index contributed by atoms with van der Waals surface area (Å²) in [7, 11) is 2.06. The molecular weight excluding hydrogens is 400 g/mol. The molecule has 1 saturated heterocycles. The van der Waals surface area contributed by atoms with E-state index in [0.717, 1.165) is 16.5 Å². The van der Waals surface area contributed by atoms with E-state index in [4.69, 9.17) is 12.2 Å². The minimum absolute atomic E-state index is 0.0990. The second kappa shape index (κ2) is 6.76. The van der Waals surface area contributed by atoms with Gasteiger partial charge in [0.1, 0.15) is 5.75 Å². The van der Waals surface area contributed by atoms with Gasteiger partial charge in [-0.2, -0.15) is 0 Å². The van der Waals surface area contributed by atoms with Crippen molar-refractivity contribution >= 4 is 67.8 Å². The molecule has 1 aliphatic rings. The number of fused-ring (bicyclic) bond motifs is 3. The lowest BCUT2D eigenvalue weighted by molar-refractivity contribution is -0.113. The summed E-state index contributed by atoms with van der Waals surface area (Å²) in [6, 6.07) is 21.1. The molecule has 1 aliphatic heterocycles. The van der Waals surface area contributed by atoms with Gasteiger partial charge < -0.3 is 9.67 Å². The summed E-state index contributed by atoms with van der Waals surface area (Å²) in [6.45, 7) is 0. The Morgan fingerprint density at radius 3 is 2.59 bits per heavy atom. The van der Waals surface area contributed by atoms with E-state index in [1.807, 2.05) is 24.3 Å². The van der Waals surface area contributed by atoms with Crippen molar-refractivity contribution in [2.24, 2.45) is 7.05 Å². The van der Waals surface area contributed by atoms with Crippen molar-refractivity contribution in [1.82, 2.24) is 4.57 Å². The van der Waals surface area contributed by atoms with Crippen LogP contribution in [0.15, 0.2) is 71.6 Å². The minimum atomic E-state index is -0.177. The first kappa shape index (κ1) is 18.0. The van der Waals surface area contributed by atoms with Crippen LogP contribution in [0.2, 0.25) is 0 Å². The monoisotopic (exact) mass is 416 g/mol. The molecule has 0 aliphatic carbocycles. The van der Waals surface area contributed by atoms with E-state index in [-0.39, 0.29) is 11.7 Å². The van der Waals surface area contributed by atoms with Crippen molar-refractivity contribution in [3.05, 3.63) is 77.2 Å². The molecule has 1 amide bonds. The highest BCUT2D eigenvalue weighted by atomic mass is 32.2. The van der Waals surface area contributed by atoms with Crippen LogP contribution in [-0.4, -0.2) is 19.9 Å². The van der Waals surface area contributed by atoms with Gasteiger partial charge in [0.05, 0.1) is 10.6 Å². The van der Waals surface area contributed by atoms with Crippen molar-refractivity contribution in [2.45, 2.75) is 0 Å². The normalized spacial score (nSPS) is 15.9. The molecule has 0 spiro atoms. The molecule has 2 heterocycles. The second-order valence-electron chi connectivity index (χ2n) is 6.89. The number of phenolic OH excluding ortho intramolecular Hbond substituents is 1. The van der Waals surface area contributed by atoms with Crippen LogP contribution in [-0.2, 0) is 11.8 Å². The molecule has 142 valence electrons. The van der Waals surface area contributed by atoms with E-state index < -0.39 is 0 Å². The van der Waals surface area contributed by atoms with Gasteiger partial charge in [0.25, 0.3) is 5.91 Å². The number of benzene rings is 3. The van der Waals surface area contributed by atoms with E-state index in [0.29, 0.717) is 14.9 Å². The summed E-state index contributed by atoms with van der Waals surface area (Å²) in [5, 5.41) is 12.1. The van der Waals surface area contributed by atoms with Gasteiger partial charge in [-0.05, 0) is 42.0 Å². The molecular formula is C23H16N2O2S2. The summed E-state index contributed by atoms with van der Waals surface area (Å²) in [5.41, 5.74) is 3.84. The summed E-state index contributed by atoms with van der Waals surface area (Å²) < 4.78 is 2.63. The molecule has 0 unspecified atom stereocenters. The number of aromatic nitrogens is 1. The zero-order chi connectivity index (χ0) is 20.1. The summed E-state index contributed by atoms with van der Waals surface area (Å²) in [5.74, 6) is -0.0782. The fraction of sp³-hybridized carbons (Fsp3) is 0.0435. The number of aryl methyl sites for hydroxylation is 1. The average molecular weight is 417 g/mol. The number of carbonyl (C=O) groups excluding carboxylic acids is 1. The summed E-state index contributed by atoms with van der Waals surface area (Å²) >= 11 is 6.70. The lowest BCUT2D eigenvalue weighted by Crippen LogP contribution is -2.27. The Morgan fingerprint density at radius 1 is 0.966 bits per heavy atom. The van der Waals surface area contributed by atoms with E-state index in [2.05, 4.69) is 35.9 Å². The number of thiocarbonyl (C=S) groups is 1. The third-order valence-electron chi connectivity index (χ3n) is 5.12. The Labute approximate surface area is 177 Å². The first-order valence-electron chi connectivity index (χ1n) is 9.07. The largest absolute Gasteiger partial charge is 0.508 e. The third kappa shape index (κ3) is 2.92. The van der Waals surface area contributed by atoms with Gasteiger partial charge in [0.2, 0.25) is 0 Å². The van der Waals surface area contributed by atoms with Gasteiger partial charge in [-0.3, -0.25) is 9.69 Å². The van der Waals surface area contributed by atoms with Crippen LogP contribution in [0.3, 0.4) is 0 Å². The summed E-state index contributed by atoms with van der Waals surface area (Å²) in [4.78, 5) is 15.0. The van der Waals surface area contributed by atoms with Crippen LogP contribution in [0.5, 0.6) is 5.75 Å². The highest BCUT2D eigenvalue weighted by Crippen LogP contribution is 2.37. The van der Waals surface area contributed by atoms with Crippen LogP contribution in [0.4, 0.5) is 5.69 Å². The molecule has 0 bridgehead atoms. The van der Waals surface area contributed by atoms with Crippen molar-refractivity contribution in [3.63, 3.8) is 0 Å². The average Bonchev–Trinajstić information content (AvgIpc) is 3.15. The minimum Gasteiger partial charge on any atom is -0.508 e. The van der Waals surface area contributed by atoms with Gasteiger partial charge in [-0.15, -0.1) is 0 Å². The third-order valence-corrected chi connectivity index (χ3v) is 6.42. The predicted molar refractivity (Wildman–Crippen MR) is 124 cm³/mol.